The van der Waals surface area contributed by atoms with Gasteiger partial charge in [-0.05, 0) is 30.5 Å². The molecular formula is C18H24N4O3. The van der Waals surface area contributed by atoms with Crippen LogP contribution in [0.2, 0.25) is 0 Å². The lowest BCUT2D eigenvalue weighted by atomic mass is 10.0. The maximum absolute atomic E-state index is 12.0. The van der Waals surface area contributed by atoms with Gasteiger partial charge in [-0.15, -0.1) is 0 Å². The van der Waals surface area contributed by atoms with Gasteiger partial charge in [0, 0.05) is 44.8 Å². The average Bonchev–Trinajstić information content (AvgIpc) is 2.88. The molecule has 3 amide bonds. The van der Waals surface area contributed by atoms with Crippen molar-refractivity contribution in [2.75, 3.05) is 25.0 Å². The SMILES string of the molecule is CN1CC(NCc2ccc(N3CCCCC3=O)cc2)C(C(N)=O)C1=O. The van der Waals surface area contributed by atoms with Crippen LogP contribution in [0.1, 0.15) is 24.8 Å². The number of carbonyl (C=O) groups excluding carboxylic acids is 3. The number of hydrogen-bond donors (Lipinski definition) is 2. The third kappa shape index (κ3) is 3.66. The summed E-state index contributed by atoms with van der Waals surface area (Å²) in [5.74, 6) is -1.46. The van der Waals surface area contributed by atoms with Crippen molar-refractivity contribution >= 4 is 23.4 Å². The first-order valence-electron chi connectivity index (χ1n) is 8.64. The highest BCUT2D eigenvalue weighted by atomic mass is 16.2. The van der Waals surface area contributed by atoms with Crippen LogP contribution in [0.4, 0.5) is 5.69 Å². The van der Waals surface area contributed by atoms with Gasteiger partial charge in [-0.2, -0.15) is 0 Å². The van der Waals surface area contributed by atoms with Crippen molar-refractivity contribution in [3.8, 4) is 0 Å². The first-order valence-corrected chi connectivity index (χ1v) is 8.64. The molecule has 2 fully saturated rings. The van der Waals surface area contributed by atoms with Gasteiger partial charge in [-0.3, -0.25) is 14.4 Å². The Bertz CT molecular complexity index is 673. The number of nitrogens with two attached hydrogens (primary N) is 1. The minimum Gasteiger partial charge on any atom is -0.369 e. The third-order valence-electron chi connectivity index (χ3n) is 4.96. The first-order chi connectivity index (χ1) is 12.0. The molecule has 3 N–H and O–H groups in total. The van der Waals surface area contributed by atoms with Gasteiger partial charge in [-0.25, -0.2) is 0 Å². The molecule has 3 rings (SSSR count). The fraction of sp³-hybridized carbons (Fsp3) is 0.500. The molecule has 134 valence electrons. The van der Waals surface area contributed by atoms with Crippen LogP contribution in [0.5, 0.6) is 0 Å². The Balaban J connectivity index is 1.61. The minimum atomic E-state index is -0.810. The molecule has 7 heteroatoms. The lowest BCUT2D eigenvalue weighted by molar-refractivity contribution is -0.136. The van der Waals surface area contributed by atoms with Crippen molar-refractivity contribution in [1.82, 2.24) is 10.2 Å². The lowest BCUT2D eigenvalue weighted by Gasteiger charge is -2.27. The minimum absolute atomic E-state index is 0.175. The zero-order chi connectivity index (χ0) is 18.0. The van der Waals surface area contributed by atoms with E-state index in [1.807, 2.05) is 29.2 Å². The molecule has 0 aromatic heterocycles. The van der Waals surface area contributed by atoms with E-state index in [2.05, 4.69) is 5.32 Å². The number of nitrogens with one attached hydrogen (secondary N) is 1. The molecular weight excluding hydrogens is 320 g/mol. The quantitative estimate of drug-likeness (QED) is 0.748. The maximum Gasteiger partial charge on any atom is 0.236 e. The lowest BCUT2D eigenvalue weighted by Crippen LogP contribution is -2.42. The van der Waals surface area contributed by atoms with Crippen LogP contribution in [0.25, 0.3) is 0 Å². The van der Waals surface area contributed by atoms with E-state index in [1.54, 1.807) is 7.05 Å². The second-order valence-electron chi connectivity index (χ2n) is 6.76. The van der Waals surface area contributed by atoms with Gasteiger partial charge >= 0.3 is 0 Å². The Kier molecular flexibility index (Phi) is 5.03. The van der Waals surface area contributed by atoms with Crippen molar-refractivity contribution in [1.29, 1.82) is 0 Å². The highest BCUT2D eigenvalue weighted by Gasteiger charge is 2.42. The van der Waals surface area contributed by atoms with Gasteiger partial charge < -0.3 is 20.9 Å². The van der Waals surface area contributed by atoms with Gasteiger partial charge in [0.15, 0.2) is 0 Å². The summed E-state index contributed by atoms with van der Waals surface area (Å²) in [5.41, 5.74) is 7.30. The molecule has 2 heterocycles. The molecule has 1 aromatic rings. The van der Waals surface area contributed by atoms with Crippen molar-refractivity contribution in [2.45, 2.75) is 31.8 Å². The predicted octanol–water partition coefficient (Wildman–Crippen LogP) is 0.235. The number of amides is 3. The Labute approximate surface area is 147 Å². The first kappa shape index (κ1) is 17.4. The topological polar surface area (TPSA) is 95.7 Å². The van der Waals surface area contributed by atoms with Crippen LogP contribution in [0, 0.1) is 5.92 Å². The number of hydrogen-bond acceptors (Lipinski definition) is 4. The van der Waals surface area contributed by atoms with Crippen molar-refractivity contribution < 1.29 is 14.4 Å². The number of primary amides is 1. The van der Waals surface area contributed by atoms with Crippen LogP contribution in [-0.4, -0.2) is 48.8 Å². The number of anilines is 1. The maximum atomic E-state index is 12.0. The van der Waals surface area contributed by atoms with Crippen LogP contribution in [0.3, 0.4) is 0 Å². The summed E-state index contributed by atoms with van der Waals surface area (Å²) >= 11 is 0. The van der Waals surface area contributed by atoms with E-state index < -0.39 is 11.8 Å². The van der Waals surface area contributed by atoms with Crippen molar-refractivity contribution in [3.63, 3.8) is 0 Å². The normalized spacial score (nSPS) is 24.0. The Morgan fingerprint density at radius 1 is 1.24 bits per heavy atom. The van der Waals surface area contributed by atoms with E-state index in [0.717, 1.165) is 30.6 Å². The highest BCUT2D eigenvalue weighted by molar-refractivity contribution is 6.02. The smallest absolute Gasteiger partial charge is 0.236 e. The molecule has 0 saturated carbocycles. The molecule has 2 atom stereocenters. The zero-order valence-electron chi connectivity index (χ0n) is 14.4. The van der Waals surface area contributed by atoms with Crippen molar-refractivity contribution in [2.24, 2.45) is 11.7 Å². The largest absolute Gasteiger partial charge is 0.369 e. The van der Waals surface area contributed by atoms with E-state index in [4.69, 9.17) is 5.73 Å². The predicted molar refractivity (Wildman–Crippen MR) is 93.6 cm³/mol. The van der Waals surface area contributed by atoms with Crippen LogP contribution in [-0.2, 0) is 20.9 Å². The second kappa shape index (κ2) is 7.23. The highest BCUT2D eigenvalue weighted by Crippen LogP contribution is 2.22. The van der Waals surface area contributed by atoms with Gasteiger partial charge in [0.25, 0.3) is 0 Å². The average molecular weight is 344 g/mol. The third-order valence-corrected chi connectivity index (χ3v) is 4.96. The Hall–Kier alpha value is -2.41. The Morgan fingerprint density at radius 3 is 2.60 bits per heavy atom. The molecule has 2 aliphatic heterocycles. The van der Waals surface area contributed by atoms with Crippen LogP contribution in [0.15, 0.2) is 24.3 Å². The van der Waals surface area contributed by atoms with E-state index in [0.29, 0.717) is 19.5 Å². The van der Waals surface area contributed by atoms with Crippen LogP contribution < -0.4 is 16.0 Å². The second-order valence-corrected chi connectivity index (χ2v) is 6.76. The molecule has 0 bridgehead atoms. The Morgan fingerprint density at radius 2 is 1.96 bits per heavy atom. The molecule has 1 aromatic carbocycles. The van der Waals surface area contributed by atoms with Gasteiger partial charge in [-0.1, -0.05) is 12.1 Å². The molecule has 0 aliphatic carbocycles. The van der Waals surface area contributed by atoms with Gasteiger partial charge in [0.05, 0.1) is 0 Å². The summed E-state index contributed by atoms with van der Waals surface area (Å²) in [5, 5.41) is 3.25. The van der Waals surface area contributed by atoms with Gasteiger partial charge in [0.1, 0.15) is 5.92 Å². The standard InChI is InChI=1S/C18H24N4O3/c1-21-11-14(16(17(19)24)18(21)25)20-10-12-5-7-13(8-6-12)22-9-3-2-4-15(22)23/h5-8,14,16,20H,2-4,9-11H2,1H3,(H2,19,24). The summed E-state index contributed by atoms with van der Waals surface area (Å²) in [4.78, 5) is 38.8. The summed E-state index contributed by atoms with van der Waals surface area (Å²) in [6.07, 6.45) is 2.61. The molecule has 0 radical (unpaired) electrons. The molecule has 2 saturated heterocycles. The molecule has 2 aliphatic rings. The van der Waals surface area contributed by atoms with E-state index in [-0.39, 0.29) is 17.9 Å². The fourth-order valence-corrected chi connectivity index (χ4v) is 3.52. The number of rotatable bonds is 5. The number of carbonyl (C=O) groups is 3. The monoisotopic (exact) mass is 344 g/mol. The van der Waals surface area contributed by atoms with Crippen LogP contribution >= 0.6 is 0 Å². The number of piperidine rings is 1. The molecule has 7 nitrogen and oxygen atoms in total. The number of benzene rings is 1. The van der Waals surface area contributed by atoms with Gasteiger partial charge in [0.2, 0.25) is 17.7 Å². The summed E-state index contributed by atoms with van der Waals surface area (Å²) in [6, 6.07) is 7.53. The number of likely N-dealkylation sites (tertiary alicyclic amines) is 1. The number of nitrogens with zero attached hydrogens (tertiary/aromatic N) is 2. The summed E-state index contributed by atoms with van der Waals surface area (Å²) < 4.78 is 0. The van der Waals surface area contributed by atoms with E-state index in [1.165, 1.54) is 4.90 Å². The molecule has 25 heavy (non-hydrogen) atoms. The van der Waals surface area contributed by atoms with Crippen molar-refractivity contribution in [3.05, 3.63) is 29.8 Å². The molecule has 0 spiro atoms. The summed E-state index contributed by atoms with van der Waals surface area (Å²) in [7, 11) is 1.67. The fourth-order valence-electron chi connectivity index (χ4n) is 3.52. The zero-order valence-corrected chi connectivity index (χ0v) is 14.4. The number of likely N-dealkylation sites (N-methyl/N-ethyl adjacent to an activating group) is 1. The molecule has 2 unspecified atom stereocenters. The van der Waals surface area contributed by atoms with E-state index >= 15 is 0 Å². The summed E-state index contributed by atoms with van der Waals surface area (Å²) in [6.45, 7) is 1.77. The van der Waals surface area contributed by atoms with E-state index in [9.17, 15) is 14.4 Å².